The van der Waals surface area contributed by atoms with E-state index >= 15 is 0 Å². The molecule has 22 nitrogen and oxygen atoms in total. The fourth-order valence-corrected chi connectivity index (χ4v) is 15.5. The number of rotatable bonds is 24. The lowest BCUT2D eigenvalue weighted by molar-refractivity contribution is -0.384. The Labute approximate surface area is 575 Å². The maximum absolute atomic E-state index is 14.3. The number of hydrogen-bond donors (Lipinski definition) is 6. The summed E-state index contributed by atoms with van der Waals surface area (Å²) in [7, 11) is -4.67. The summed E-state index contributed by atoms with van der Waals surface area (Å²) < 4.78 is 36.7. The standard InChI is InChI=1S/C72H87ClN12O10S2/c1-46-65(96-45-78-46)50-14-12-47(13-15-50)39-77-69(89)62-36-55(86)44-84(62)70(90)66(71(2,3)4)79-64(87)11-7-8-28-81-29-9-10-48(42-81)40-75-60-23-21-57(37-61(60)85(91)92)97(93,94)80-68(88)58-22-20-54(35-63(58)95-56-34-51-25-27-74-67(51)76-41-56)83-32-30-82(31-33-83)43-52-24-26-72(5,6)38-59(52)49-16-18-53(73)19-17-49/h12-23,25,27,34-35,37,41,45,48,55,62,66,75,86H,7-11,24,26,28-33,36,38-40,42-44H2,1-6H3,(H,74,76)(H,77,89)(H,79,87)(H,80,88)/t48?,55-,62+,66-/m1/s1. The predicted octanol–water partition coefficient (Wildman–Crippen LogP) is 11.4. The average molecular weight is 1380 g/mol. The fraction of sp³-hybridized carbons (Fsp3) is 0.444. The highest BCUT2D eigenvalue weighted by Gasteiger charge is 2.45. The van der Waals surface area contributed by atoms with E-state index < -0.39 is 60.9 Å². The van der Waals surface area contributed by atoms with Crippen molar-refractivity contribution >= 4 is 90.3 Å². The van der Waals surface area contributed by atoms with Gasteiger partial charge in [0.2, 0.25) is 17.7 Å². The van der Waals surface area contributed by atoms with E-state index in [0.29, 0.717) is 62.0 Å². The molecule has 514 valence electrons. The molecule has 4 amide bonds. The third kappa shape index (κ3) is 17.5. The zero-order valence-corrected chi connectivity index (χ0v) is 58.3. The van der Waals surface area contributed by atoms with Gasteiger partial charge in [0, 0.05) is 106 Å². The van der Waals surface area contributed by atoms with Gasteiger partial charge < -0.3 is 45.5 Å². The summed E-state index contributed by atoms with van der Waals surface area (Å²) in [5.74, 6) is -1.58. The van der Waals surface area contributed by atoms with E-state index in [1.165, 1.54) is 46.0 Å². The number of aliphatic hydroxyl groups excluding tert-OH is 1. The van der Waals surface area contributed by atoms with E-state index in [2.05, 4.69) is 76.3 Å². The molecule has 0 radical (unpaired) electrons. The Morgan fingerprint density at radius 2 is 1.68 bits per heavy atom. The zero-order chi connectivity index (χ0) is 68.8. The van der Waals surface area contributed by atoms with Crippen molar-refractivity contribution in [2.45, 2.75) is 129 Å². The van der Waals surface area contributed by atoms with Gasteiger partial charge in [-0.1, -0.05) is 88.2 Å². The molecule has 1 unspecified atom stereocenters. The van der Waals surface area contributed by atoms with Crippen molar-refractivity contribution in [3.63, 3.8) is 0 Å². The molecule has 7 aromatic rings. The number of H-pyrrole nitrogens is 1. The van der Waals surface area contributed by atoms with Gasteiger partial charge in [-0.25, -0.2) is 23.1 Å². The van der Waals surface area contributed by atoms with E-state index in [9.17, 15) is 42.8 Å². The second-order valence-electron chi connectivity index (χ2n) is 28.0. The second kappa shape index (κ2) is 30.2. The van der Waals surface area contributed by atoms with Gasteiger partial charge in [-0.2, -0.15) is 0 Å². The van der Waals surface area contributed by atoms with Crippen LogP contribution in [-0.2, 0) is 31.0 Å². The van der Waals surface area contributed by atoms with Crippen molar-refractivity contribution in [3.8, 4) is 21.9 Å². The van der Waals surface area contributed by atoms with E-state index in [1.807, 2.05) is 70.2 Å². The number of carbonyl (C=O) groups is 4. The number of fused-ring (bicyclic) bond motifs is 1. The number of nitrogens with one attached hydrogen (secondary N) is 5. The molecule has 3 saturated heterocycles. The van der Waals surface area contributed by atoms with Gasteiger partial charge in [0.25, 0.3) is 21.6 Å². The Balaban J connectivity index is 0.666. The molecular weight excluding hydrogens is 1290 g/mol. The topological polar surface area (TPSA) is 278 Å². The highest BCUT2D eigenvalue weighted by Crippen LogP contribution is 2.44. The number of piperazine rings is 1. The molecule has 25 heteroatoms. The predicted molar refractivity (Wildman–Crippen MR) is 378 cm³/mol. The Morgan fingerprint density at radius 3 is 2.41 bits per heavy atom. The van der Waals surface area contributed by atoms with Gasteiger partial charge in [-0.3, -0.25) is 34.2 Å². The molecule has 3 fully saturated rings. The van der Waals surface area contributed by atoms with Crippen LogP contribution in [0, 0.1) is 33.8 Å². The van der Waals surface area contributed by atoms with Crippen LogP contribution >= 0.6 is 22.9 Å². The minimum Gasteiger partial charge on any atom is -0.455 e. The van der Waals surface area contributed by atoms with Gasteiger partial charge in [0.1, 0.15) is 34.9 Å². The number of piperidine rings is 1. The van der Waals surface area contributed by atoms with Crippen LogP contribution in [-0.4, -0.2) is 155 Å². The quantitative estimate of drug-likeness (QED) is 0.0186. The van der Waals surface area contributed by atoms with Crippen LogP contribution in [0.25, 0.3) is 27.0 Å². The summed E-state index contributed by atoms with van der Waals surface area (Å²) in [5, 5.41) is 33.9. The molecular formula is C72H87ClN12O10S2. The fourth-order valence-electron chi connectivity index (χ4n) is 13.6. The first-order valence-electron chi connectivity index (χ1n) is 33.4. The van der Waals surface area contributed by atoms with Crippen molar-refractivity contribution in [2.75, 3.05) is 75.7 Å². The number of aryl methyl sites for hydroxylation is 1. The molecule has 6 heterocycles. The number of thiazole rings is 1. The van der Waals surface area contributed by atoms with Crippen LogP contribution in [0.2, 0.25) is 5.02 Å². The van der Waals surface area contributed by atoms with E-state index in [4.69, 9.17) is 16.3 Å². The molecule has 97 heavy (non-hydrogen) atoms. The molecule has 4 aliphatic rings. The molecule has 0 saturated carbocycles. The summed E-state index contributed by atoms with van der Waals surface area (Å²) in [6.45, 7) is 18.8. The minimum absolute atomic E-state index is 0.0294. The molecule has 0 spiro atoms. The number of aliphatic hydroxyl groups is 1. The van der Waals surface area contributed by atoms with Gasteiger partial charge in [-0.05, 0) is 153 Å². The van der Waals surface area contributed by atoms with E-state index in [-0.39, 0.29) is 66.1 Å². The summed E-state index contributed by atoms with van der Waals surface area (Å²) in [4.78, 5) is 88.5. The smallest absolute Gasteiger partial charge is 0.293 e. The number of ether oxygens (including phenoxy) is 1. The molecule has 0 bridgehead atoms. The number of anilines is 2. The molecule has 3 aromatic heterocycles. The number of allylic oxidation sites excluding steroid dienone is 1. The number of likely N-dealkylation sites (tertiary alicyclic amines) is 2. The first-order chi connectivity index (χ1) is 46.3. The van der Waals surface area contributed by atoms with Crippen molar-refractivity contribution in [2.24, 2.45) is 16.7 Å². The number of amides is 4. The Hall–Kier alpha value is -8.26. The molecule has 4 aromatic carbocycles. The number of nitro groups is 1. The number of nitro benzene ring substituents is 1. The Kier molecular flexibility index (Phi) is 21.8. The first kappa shape index (κ1) is 70.1. The van der Waals surface area contributed by atoms with Crippen LogP contribution in [0.4, 0.5) is 17.1 Å². The number of aromatic nitrogens is 3. The lowest BCUT2D eigenvalue weighted by Gasteiger charge is -2.39. The molecule has 1 aliphatic carbocycles. The number of sulfonamides is 1. The summed E-state index contributed by atoms with van der Waals surface area (Å²) in [6, 6.07) is 26.3. The summed E-state index contributed by atoms with van der Waals surface area (Å²) in [6.07, 6.45) is 8.72. The van der Waals surface area contributed by atoms with Gasteiger partial charge in [0.05, 0.1) is 43.8 Å². The van der Waals surface area contributed by atoms with E-state index in [1.54, 1.807) is 41.2 Å². The third-order valence-corrected chi connectivity index (χ3v) is 21.6. The number of hydrogen-bond acceptors (Lipinski definition) is 17. The summed E-state index contributed by atoms with van der Waals surface area (Å²) in [5.41, 5.74) is 9.21. The van der Waals surface area contributed by atoms with Crippen molar-refractivity contribution in [1.82, 2.24) is 45.0 Å². The van der Waals surface area contributed by atoms with Gasteiger partial charge in [0.15, 0.2) is 0 Å². The number of unbranched alkanes of at least 4 members (excludes halogenated alkanes) is 1. The number of halogens is 1. The Morgan fingerprint density at radius 1 is 0.918 bits per heavy atom. The largest absolute Gasteiger partial charge is 0.455 e. The highest BCUT2D eigenvalue weighted by molar-refractivity contribution is 7.90. The van der Waals surface area contributed by atoms with E-state index in [0.717, 1.165) is 97.1 Å². The van der Waals surface area contributed by atoms with Crippen LogP contribution in [0.15, 0.2) is 125 Å². The lowest BCUT2D eigenvalue weighted by Crippen LogP contribution is -2.57. The van der Waals surface area contributed by atoms with Crippen molar-refractivity contribution < 1.29 is 42.4 Å². The SMILES string of the molecule is Cc1ncsc1-c1ccc(CNC(=O)[C@@H]2C[C@@H](O)CN2C(=O)[C@@H](NC(=O)CCCCN2CCCC(CNc3ccc(S(=O)(=O)NC(=O)c4ccc(N5CCN(CC6=C(c7ccc(Cl)cc7)CC(C)(C)CC6)CC5)cc4Oc4cnc5[nH]ccc5c4)cc3[N+](=O)[O-])C2)C(C)(C)C)cc1. The number of nitrogens with zero attached hydrogens (tertiary/aromatic N) is 7. The highest BCUT2D eigenvalue weighted by atomic mass is 35.5. The second-order valence-corrected chi connectivity index (χ2v) is 31.0. The number of benzene rings is 4. The zero-order valence-electron chi connectivity index (χ0n) is 55.9. The monoisotopic (exact) mass is 1380 g/mol. The number of aromatic amines is 1. The minimum atomic E-state index is -4.67. The van der Waals surface area contributed by atoms with Crippen LogP contribution < -0.4 is 30.3 Å². The molecule has 3 aliphatic heterocycles. The number of β-amino-alcohol motifs (C(OH)–C–C–N with tert-alkyl or cyclic N) is 1. The first-order valence-corrected chi connectivity index (χ1v) is 36.1. The normalized spacial score (nSPS) is 19.0. The van der Waals surface area contributed by atoms with Crippen LogP contribution in [0.3, 0.4) is 0 Å². The molecule has 4 atom stereocenters. The third-order valence-electron chi connectivity index (χ3n) is 19.1. The lowest BCUT2D eigenvalue weighted by atomic mass is 9.72. The average Bonchev–Trinajstić information content (AvgIpc) is 1.59. The van der Waals surface area contributed by atoms with Crippen LogP contribution in [0.1, 0.15) is 120 Å². The number of carbonyl (C=O) groups excluding carboxylic acids is 4. The number of pyridine rings is 1. The Bertz CT molecular complexity index is 4160. The van der Waals surface area contributed by atoms with Crippen LogP contribution in [0.5, 0.6) is 11.5 Å². The maximum atomic E-state index is 14.3. The molecule has 6 N–H and O–H groups in total. The van der Waals surface area contributed by atoms with Gasteiger partial charge >= 0.3 is 0 Å². The van der Waals surface area contributed by atoms with Crippen molar-refractivity contribution in [1.29, 1.82) is 0 Å². The molecule has 11 rings (SSSR count). The summed E-state index contributed by atoms with van der Waals surface area (Å²) >= 11 is 7.85. The van der Waals surface area contributed by atoms with Crippen molar-refractivity contribution in [3.05, 3.63) is 158 Å². The maximum Gasteiger partial charge on any atom is 0.293 e. The van der Waals surface area contributed by atoms with Gasteiger partial charge in [-0.15, -0.1) is 11.3 Å².